The molecule has 2 rings (SSSR count). The van der Waals surface area contributed by atoms with Gasteiger partial charge in [-0.2, -0.15) is 0 Å². The molecule has 0 radical (unpaired) electrons. The Morgan fingerprint density at radius 2 is 2.20 bits per heavy atom. The van der Waals surface area contributed by atoms with Crippen LogP contribution in [-0.2, 0) is 0 Å². The predicted octanol–water partition coefficient (Wildman–Crippen LogP) is 3.79. The minimum absolute atomic E-state index is 0.717. The molecule has 0 amide bonds. The first-order chi connectivity index (χ1) is 7.33. The molecule has 15 heavy (non-hydrogen) atoms. The molecule has 1 heterocycles. The van der Waals surface area contributed by atoms with Crippen LogP contribution in [0.5, 0.6) is 5.75 Å². The second kappa shape index (κ2) is 4.62. The molecule has 0 aliphatic carbocycles. The summed E-state index contributed by atoms with van der Waals surface area (Å²) in [6.07, 6.45) is 2.78. The number of nitrogens with zero attached hydrogens (tertiary/aromatic N) is 1. The molecule has 0 bridgehead atoms. The second-order valence-corrected chi connectivity index (χ2v) is 4.15. The normalized spacial score (nSPS) is 10.5. The van der Waals surface area contributed by atoms with E-state index in [1.54, 1.807) is 6.20 Å². The summed E-state index contributed by atoms with van der Waals surface area (Å²) in [6, 6.07) is 7.99. The molecule has 0 spiro atoms. The van der Waals surface area contributed by atoms with Gasteiger partial charge in [-0.05, 0) is 34.5 Å². The highest BCUT2D eigenvalue weighted by atomic mass is 79.9. The Balaban J connectivity index is 2.53. The van der Waals surface area contributed by atoms with E-state index in [4.69, 9.17) is 4.74 Å². The van der Waals surface area contributed by atoms with E-state index >= 15 is 0 Å². The van der Waals surface area contributed by atoms with E-state index in [0.29, 0.717) is 6.61 Å². The average molecular weight is 266 g/mol. The maximum Gasteiger partial charge on any atom is 0.159 e. The van der Waals surface area contributed by atoms with E-state index in [1.165, 1.54) is 0 Å². The van der Waals surface area contributed by atoms with Gasteiger partial charge in [0.15, 0.2) is 5.75 Å². The first-order valence-electron chi connectivity index (χ1n) is 4.99. The average Bonchev–Trinajstić information content (AvgIpc) is 2.28. The smallest absolute Gasteiger partial charge is 0.159 e. The Morgan fingerprint density at radius 3 is 3.00 bits per heavy atom. The molecule has 1 aromatic carbocycles. The Labute approximate surface area is 97.4 Å². The van der Waals surface area contributed by atoms with Gasteiger partial charge in [-0.15, -0.1) is 0 Å². The molecule has 0 unspecified atom stereocenters. The number of benzene rings is 1. The number of ether oxygens (including phenoxy) is 1. The van der Waals surface area contributed by atoms with Gasteiger partial charge < -0.3 is 4.74 Å². The third-order valence-electron chi connectivity index (χ3n) is 2.13. The van der Waals surface area contributed by atoms with E-state index in [1.807, 2.05) is 24.3 Å². The molecule has 1 aromatic heterocycles. The molecule has 0 aliphatic rings. The SMILES string of the molecule is CCCOc1c(Br)ccc2cccnc12. The van der Waals surface area contributed by atoms with E-state index in [-0.39, 0.29) is 0 Å². The molecule has 2 nitrogen and oxygen atoms in total. The fraction of sp³-hybridized carbons (Fsp3) is 0.250. The number of halogens is 1. The van der Waals surface area contributed by atoms with Crippen LogP contribution in [0, 0.1) is 0 Å². The molecule has 0 fully saturated rings. The number of rotatable bonds is 3. The van der Waals surface area contributed by atoms with Gasteiger partial charge >= 0.3 is 0 Å². The van der Waals surface area contributed by atoms with E-state index in [0.717, 1.165) is 27.5 Å². The number of hydrogen-bond donors (Lipinski definition) is 0. The zero-order valence-corrected chi connectivity index (χ0v) is 10.1. The van der Waals surface area contributed by atoms with E-state index < -0.39 is 0 Å². The van der Waals surface area contributed by atoms with Crippen LogP contribution in [0.3, 0.4) is 0 Å². The van der Waals surface area contributed by atoms with Crippen molar-refractivity contribution < 1.29 is 4.74 Å². The number of fused-ring (bicyclic) bond motifs is 1. The Morgan fingerprint density at radius 1 is 1.33 bits per heavy atom. The van der Waals surface area contributed by atoms with E-state index in [9.17, 15) is 0 Å². The molecule has 0 atom stereocenters. The fourth-order valence-electron chi connectivity index (χ4n) is 1.44. The summed E-state index contributed by atoms with van der Waals surface area (Å²) in [5.41, 5.74) is 0.917. The minimum atomic E-state index is 0.717. The summed E-state index contributed by atoms with van der Waals surface area (Å²) < 4.78 is 6.65. The van der Waals surface area contributed by atoms with E-state index in [2.05, 4.69) is 27.8 Å². The van der Waals surface area contributed by atoms with Gasteiger partial charge in [0.05, 0.1) is 11.1 Å². The van der Waals surface area contributed by atoms with Gasteiger partial charge in [-0.25, -0.2) is 0 Å². The van der Waals surface area contributed by atoms with Crippen molar-refractivity contribution in [3.8, 4) is 5.75 Å². The molecule has 0 saturated heterocycles. The van der Waals surface area contributed by atoms with Crippen LogP contribution < -0.4 is 4.74 Å². The lowest BCUT2D eigenvalue weighted by Gasteiger charge is -2.09. The zero-order valence-electron chi connectivity index (χ0n) is 8.53. The maximum atomic E-state index is 5.69. The largest absolute Gasteiger partial charge is 0.490 e. The summed E-state index contributed by atoms with van der Waals surface area (Å²) >= 11 is 3.48. The standard InChI is InChI=1S/C12H12BrNO/c1-2-8-15-12-10(13)6-5-9-4-3-7-14-11(9)12/h3-7H,2,8H2,1H3. The highest BCUT2D eigenvalue weighted by Crippen LogP contribution is 2.32. The zero-order chi connectivity index (χ0) is 10.7. The number of hydrogen-bond acceptors (Lipinski definition) is 2. The van der Waals surface area contributed by atoms with Crippen LogP contribution in [0.25, 0.3) is 10.9 Å². The van der Waals surface area contributed by atoms with Crippen LogP contribution >= 0.6 is 15.9 Å². The van der Waals surface area contributed by atoms with Crippen molar-refractivity contribution in [2.75, 3.05) is 6.61 Å². The molecule has 0 aliphatic heterocycles. The van der Waals surface area contributed by atoms with Gasteiger partial charge in [0.2, 0.25) is 0 Å². The summed E-state index contributed by atoms with van der Waals surface area (Å²) in [4.78, 5) is 4.34. The molecule has 2 aromatic rings. The van der Waals surface area contributed by atoms with Crippen molar-refractivity contribution in [3.63, 3.8) is 0 Å². The molecule has 3 heteroatoms. The Bertz CT molecular complexity index is 470. The second-order valence-electron chi connectivity index (χ2n) is 3.30. The van der Waals surface area contributed by atoms with Crippen molar-refractivity contribution >= 4 is 26.8 Å². The van der Waals surface area contributed by atoms with Crippen LogP contribution in [0.2, 0.25) is 0 Å². The quantitative estimate of drug-likeness (QED) is 0.843. The van der Waals surface area contributed by atoms with Crippen LogP contribution in [0.15, 0.2) is 34.9 Å². The van der Waals surface area contributed by atoms with Crippen molar-refractivity contribution in [1.29, 1.82) is 0 Å². The van der Waals surface area contributed by atoms with Crippen LogP contribution in [-0.4, -0.2) is 11.6 Å². The van der Waals surface area contributed by atoms with Gasteiger partial charge in [-0.1, -0.05) is 19.1 Å². The first-order valence-corrected chi connectivity index (χ1v) is 5.78. The van der Waals surface area contributed by atoms with Crippen molar-refractivity contribution in [1.82, 2.24) is 4.98 Å². The lowest BCUT2D eigenvalue weighted by molar-refractivity contribution is 0.318. The van der Waals surface area contributed by atoms with Crippen LogP contribution in [0.1, 0.15) is 13.3 Å². The lowest BCUT2D eigenvalue weighted by atomic mass is 10.2. The van der Waals surface area contributed by atoms with Gasteiger partial charge in [-0.3, -0.25) is 4.98 Å². The molecular weight excluding hydrogens is 254 g/mol. The van der Waals surface area contributed by atoms with Crippen molar-refractivity contribution in [2.24, 2.45) is 0 Å². The highest BCUT2D eigenvalue weighted by Gasteiger charge is 2.07. The molecule has 78 valence electrons. The number of aromatic nitrogens is 1. The fourth-order valence-corrected chi connectivity index (χ4v) is 1.87. The summed E-state index contributed by atoms with van der Waals surface area (Å²) in [5, 5.41) is 1.10. The van der Waals surface area contributed by atoms with Crippen LogP contribution in [0.4, 0.5) is 0 Å². The number of pyridine rings is 1. The summed E-state index contributed by atoms with van der Waals surface area (Å²) in [6.45, 7) is 2.81. The predicted molar refractivity (Wildman–Crippen MR) is 65.2 cm³/mol. The van der Waals surface area contributed by atoms with Crippen molar-refractivity contribution in [2.45, 2.75) is 13.3 Å². The molecular formula is C12H12BrNO. The lowest BCUT2D eigenvalue weighted by Crippen LogP contribution is -1.97. The minimum Gasteiger partial charge on any atom is -0.490 e. The monoisotopic (exact) mass is 265 g/mol. The third kappa shape index (κ3) is 2.12. The highest BCUT2D eigenvalue weighted by molar-refractivity contribution is 9.10. The Hall–Kier alpha value is -1.09. The first kappa shape index (κ1) is 10.4. The van der Waals surface area contributed by atoms with Gasteiger partial charge in [0.25, 0.3) is 0 Å². The van der Waals surface area contributed by atoms with Crippen molar-refractivity contribution in [3.05, 3.63) is 34.9 Å². The van der Waals surface area contributed by atoms with Gasteiger partial charge in [0, 0.05) is 11.6 Å². The molecule has 0 saturated carbocycles. The Kier molecular flexibility index (Phi) is 3.21. The molecule has 0 N–H and O–H groups in total. The topological polar surface area (TPSA) is 22.1 Å². The summed E-state index contributed by atoms with van der Waals surface area (Å²) in [5.74, 6) is 0.843. The van der Waals surface area contributed by atoms with Gasteiger partial charge in [0.1, 0.15) is 5.52 Å². The summed E-state index contributed by atoms with van der Waals surface area (Å²) in [7, 11) is 0. The third-order valence-corrected chi connectivity index (χ3v) is 2.76. The maximum absolute atomic E-state index is 5.69.